The summed E-state index contributed by atoms with van der Waals surface area (Å²) in [7, 11) is -3.31. The van der Waals surface area contributed by atoms with Crippen LogP contribution in [0.3, 0.4) is 0 Å². The molecule has 1 heterocycles. The molecule has 138 valence electrons. The number of nitrogens with one attached hydrogen (secondary N) is 1. The molecule has 1 N–H and O–H groups in total. The molecule has 1 saturated heterocycles. The number of aryl methyl sites for hydroxylation is 1. The maximum atomic E-state index is 12.7. The molecule has 3 rings (SSSR count). The Hall–Kier alpha value is -2.34. The summed E-state index contributed by atoms with van der Waals surface area (Å²) in [6.45, 7) is 4.26. The quantitative estimate of drug-likeness (QED) is 0.894. The van der Waals surface area contributed by atoms with Crippen LogP contribution in [0.5, 0.6) is 0 Å². The molecule has 2 aromatic rings. The fraction of sp³-hybridized carbons (Fsp3) is 0.350. The highest BCUT2D eigenvalue weighted by atomic mass is 32.2. The second-order valence-electron chi connectivity index (χ2n) is 6.70. The molecule has 0 spiro atoms. The lowest BCUT2D eigenvalue weighted by Crippen LogP contribution is -2.38. The number of nitrogens with zero attached hydrogens (tertiary/aromatic N) is 1. The molecule has 2 aromatic carbocycles. The van der Waals surface area contributed by atoms with Crippen molar-refractivity contribution in [3.8, 4) is 0 Å². The van der Waals surface area contributed by atoms with Gasteiger partial charge in [-0.1, -0.05) is 36.4 Å². The zero-order chi connectivity index (χ0) is 18.7. The molecule has 26 heavy (non-hydrogen) atoms. The van der Waals surface area contributed by atoms with E-state index in [1.54, 1.807) is 12.1 Å². The molecule has 0 radical (unpaired) electrons. The summed E-state index contributed by atoms with van der Waals surface area (Å²) >= 11 is 0. The van der Waals surface area contributed by atoms with E-state index < -0.39 is 10.0 Å². The van der Waals surface area contributed by atoms with Crippen molar-refractivity contribution in [1.29, 1.82) is 0 Å². The lowest BCUT2D eigenvalue weighted by atomic mass is 10.1. The van der Waals surface area contributed by atoms with Crippen LogP contribution in [-0.4, -0.2) is 26.6 Å². The minimum Gasteiger partial charge on any atom is -0.346 e. The van der Waals surface area contributed by atoms with Crippen LogP contribution < -0.4 is 9.62 Å². The molecule has 1 atom stereocenters. The van der Waals surface area contributed by atoms with Gasteiger partial charge in [-0.2, -0.15) is 0 Å². The van der Waals surface area contributed by atoms with Crippen molar-refractivity contribution in [1.82, 2.24) is 5.32 Å². The molecular formula is C20H24N2O3S. The second-order valence-corrected chi connectivity index (χ2v) is 8.72. The Kier molecular flexibility index (Phi) is 5.32. The number of rotatable bonds is 4. The van der Waals surface area contributed by atoms with Crippen molar-refractivity contribution in [2.45, 2.75) is 32.7 Å². The van der Waals surface area contributed by atoms with Gasteiger partial charge in [0.1, 0.15) is 0 Å². The van der Waals surface area contributed by atoms with Crippen LogP contribution in [0, 0.1) is 6.92 Å². The van der Waals surface area contributed by atoms with E-state index in [1.165, 1.54) is 4.31 Å². The number of hydrogen-bond acceptors (Lipinski definition) is 3. The smallest absolute Gasteiger partial charge is 0.251 e. The average Bonchev–Trinajstić information content (AvgIpc) is 2.63. The molecule has 1 aliphatic rings. The zero-order valence-corrected chi connectivity index (χ0v) is 15.9. The predicted molar refractivity (Wildman–Crippen MR) is 104 cm³/mol. The van der Waals surface area contributed by atoms with Crippen molar-refractivity contribution in [2.75, 3.05) is 16.6 Å². The van der Waals surface area contributed by atoms with E-state index in [1.807, 2.05) is 50.2 Å². The highest BCUT2D eigenvalue weighted by Crippen LogP contribution is 2.28. The zero-order valence-electron chi connectivity index (χ0n) is 15.1. The summed E-state index contributed by atoms with van der Waals surface area (Å²) in [5.74, 6) is -0.0505. The Morgan fingerprint density at radius 3 is 2.54 bits per heavy atom. The van der Waals surface area contributed by atoms with Gasteiger partial charge in [0.15, 0.2) is 0 Å². The Labute approximate surface area is 155 Å². The number of carbonyl (C=O) groups is 1. The molecule has 5 nitrogen and oxygen atoms in total. The van der Waals surface area contributed by atoms with Crippen molar-refractivity contribution in [3.63, 3.8) is 0 Å². The minimum absolute atomic E-state index is 0.132. The van der Waals surface area contributed by atoms with Gasteiger partial charge in [0.05, 0.1) is 17.5 Å². The van der Waals surface area contributed by atoms with Crippen LogP contribution >= 0.6 is 0 Å². The first kappa shape index (κ1) is 18.5. The lowest BCUT2D eigenvalue weighted by Gasteiger charge is -2.29. The molecule has 1 aliphatic heterocycles. The maximum absolute atomic E-state index is 12.7. The molecule has 0 bridgehead atoms. The van der Waals surface area contributed by atoms with E-state index in [2.05, 4.69) is 5.32 Å². The van der Waals surface area contributed by atoms with E-state index in [0.29, 0.717) is 24.2 Å². The van der Waals surface area contributed by atoms with Crippen LogP contribution in [0.25, 0.3) is 0 Å². The summed E-state index contributed by atoms with van der Waals surface area (Å²) in [4.78, 5) is 12.7. The molecule has 0 unspecified atom stereocenters. The van der Waals surface area contributed by atoms with Crippen LogP contribution in [0.4, 0.5) is 5.69 Å². The van der Waals surface area contributed by atoms with Gasteiger partial charge in [-0.3, -0.25) is 9.10 Å². The van der Waals surface area contributed by atoms with E-state index >= 15 is 0 Å². The number of carbonyl (C=O) groups excluding carboxylic acids is 1. The molecule has 0 aromatic heterocycles. The SMILES string of the molecule is Cc1ccc(C(=O)N[C@@H](C)c2ccccc2)cc1N1CCCCS1(=O)=O. The Morgan fingerprint density at radius 2 is 1.85 bits per heavy atom. The summed E-state index contributed by atoms with van der Waals surface area (Å²) in [5, 5.41) is 2.98. The number of amides is 1. The van der Waals surface area contributed by atoms with E-state index in [4.69, 9.17) is 0 Å². The largest absolute Gasteiger partial charge is 0.346 e. The topological polar surface area (TPSA) is 66.5 Å². The highest BCUT2D eigenvalue weighted by molar-refractivity contribution is 7.92. The number of hydrogen-bond donors (Lipinski definition) is 1. The van der Waals surface area contributed by atoms with Crippen molar-refractivity contribution < 1.29 is 13.2 Å². The molecule has 0 saturated carbocycles. The van der Waals surface area contributed by atoms with E-state index in [0.717, 1.165) is 17.5 Å². The summed E-state index contributed by atoms with van der Waals surface area (Å²) in [5.41, 5.74) is 2.94. The van der Waals surface area contributed by atoms with Crippen molar-refractivity contribution in [2.24, 2.45) is 0 Å². The Morgan fingerprint density at radius 1 is 1.12 bits per heavy atom. The van der Waals surface area contributed by atoms with Gasteiger partial charge in [0.2, 0.25) is 10.0 Å². The number of anilines is 1. The highest BCUT2D eigenvalue weighted by Gasteiger charge is 2.27. The summed E-state index contributed by atoms with van der Waals surface area (Å²) in [6.07, 6.45) is 1.52. The predicted octanol–water partition coefficient (Wildman–Crippen LogP) is 3.42. The van der Waals surface area contributed by atoms with Crippen LogP contribution in [0.1, 0.15) is 47.3 Å². The third-order valence-electron chi connectivity index (χ3n) is 4.74. The van der Waals surface area contributed by atoms with Crippen LogP contribution in [0.2, 0.25) is 0 Å². The van der Waals surface area contributed by atoms with Gasteiger partial charge >= 0.3 is 0 Å². The fourth-order valence-corrected chi connectivity index (χ4v) is 4.88. The van der Waals surface area contributed by atoms with Gasteiger partial charge in [0.25, 0.3) is 5.91 Å². The van der Waals surface area contributed by atoms with Crippen LogP contribution in [0.15, 0.2) is 48.5 Å². The molecule has 1 fully saturated rings. The van der Waals surface area contributed by atoms with E-state index in [9.17, 15) is 13.2 Å². The first-order valence-electron chi connectivity index (χ1n) is 8.85. The number of benzene rings is 2. The average molecular weight is 372 g/mol. The van der Waals surface area contributed by atoms with Gasteiger partial charge in [-0.15, -0.1) is 0 Å². The number of sulfonamides is 1. The third kappa shape index (κ3) is 3.90. The van der Waals surface area contributed by atoms with Gasteiger partial charge < -0.3 is 5.32 Å². The monoisotopic (exact) mass is 372 g/mol. The molecule has 6 heteroatoms. The first-order chi connectivity index (χ1) is 12.4. The van der Waals surface area contributed by atoms with Crippen LogP contribution in [-0.2, 0) is 10.0 Å². The second kappa shape index (κ2) is 7.50. The van der Waals surface area contributed by atoms with Gasteiger partial charge in [-0.05, 0) is 49.9 Å². The van der Waals surface area contributed by atoms with Gasteiger partial charge in [-0.25, -0.2) is 8.42 Å². The van der Waals surface area contributed by atoms with E-state index in [-0.39, 0.29) is 17.7 Å². The Balaban J connectivity index is 1.84. The summed E-state index contributed by atoms with van der Waals surface area (Å²) in [6, 6.07) is 14.8. The molecule has 1 amide bonds. The third-order valence-corrected chi connectivity index (χ3v) is 6.59. The maximum Gasteiger partial charge on any atom is 0.251 e. The van der Waals surface area contributed by atoms with Crippen molar-refractivity contribution in [3.05, 3.63) is 65.2 Å². The normalized spacial score (nSPS) is 17.5. The summed E-state index contributed by atoms with van der Waals surface area (Å²) < 4.78 is 26.3. The fourth-order valence-electron chi connectivity index (χ4n) is 3.18. The minimum atomic E-state index is -3.31. The lowest BCUT2D eigenvalue weighted by molar-refractivity contribution is 0.0940. The molecule has 0 aliphatic carbocycles. The Bertz CT molecular complexity index is 895. The van der Waals surface area contributed by atoms with Crippen molar-refractivity contribution >= 4 is 21.6 Å². The van der Waals surface area contributed by atoms with Gasteiger partial charge in [0, 0.05) is 12.1 Å². The molecular weight excluding hydrogens is 348 g/mol. The standard InChI is InChI=1S/C20H24N2O3S/c1-15-10-11-18(14-19(15)22-12-6-7-13-26(22,24)25)20(23)21-16(2)17-8-4-3-5-9-17/h3-5,8-11,14,16H,6-7,12-13H2,1-2H3,(H,21,23)/t16-/m0/s1. The first-order valence-corrected chi connectivity index (χ1v) is 10.5.